The molecule has 0 spiro atoms. The Morgan fingerprint density at radius 2 is 2.04 bits per heavy atom. The second-order valence-electron chi connectivity index (χ2n) is 6.31. The molecule has 0 aromatic heterocycles. The first-order valence-corrected chi connectivity index (χ1v) is 7.78. The molecule has 2 fully saturated rings. The van der Waals surface area contributed by atoms with Crippen LogP contribution < -0.4 is 0 Å². The highest BCUT2D eigenvalue weighted by molar-refractivity contribution is 5.13. The van der Waals surface area contributed by atoms with Gasteiger partial charge in [0, 0.05) is 6.42 Å². The molecule has 0 radical (unpaired) electrons. The van der Waals surface area contributed by atoms with Crippen LogP contribution in [0.3, 0.4) is 0 Å². The van der Waals surface area contributed by atoms with Crippen molar-refractivity contribution in [2.45, 2.75) is 63.4 Å². The van der Waals surface area contributed by atoms with Crippen LogP contribution in [0.2, 0.25) is 0 Å². The zero-order chi connectivity index (χ0) is 16.4. The Morgan fingerprint density at radius 3 is 2.74 bits per heavy atom. The van der Waals surface area contributed by atoms with Crippen molar-refractivity contribution in [3.63, 3.8) is 0 Å². The lowest BCUT2D eigenvalue weighted by molar-refractivity contribution is -0.230. The molecular weight excluding hydrogens is 296 g/mol. The molecule has 0 saturated carbocycles. The van der Waals surface area contributed by atoms with Crippen LogP contribution in [-0.4, -0.2) is 41.6 Å². The van der Waals surface area contributed by atoms with Crippen molar-refractivity contribution < 1.29 is 24.1 Å². The number of rotatable bonds is 5. The predicted octanol–water partition coefficient (Wildman–Crippen LogP) is 1.83. The molecule has 0 aliphatic carbocycles. The Hall–Kier alpha value is -1.42. The van der Waals surface area contributed by atoms with Gasteiger partial charge in [0.1, 0.15) is 18.3 Å². The average Bonchev–Trinajstić information content (AvgIpc) is 2.98. The van der Waals surface area contributed by atoms with Gasteiger partial charge < -0.3 is 24.1 Å². The minimum atomic E-state index is -0.818. The SMILES string of the molecule is C#CC[C@@H](O)[C@H]1O[C@H]2OC(C)(C)O[C@H]2[C@@H]1OCc1ccccc1. The van der Waals surface area contributed by atoms with Gasteiger partial charge in [0.15, 0.2) is 12.1 Å². The number of hydrogen-bond donors (Lipinski definition) is 1. The minimum absolute atomic E-state index is 0.193. The maximum absolute atomic E-state index is 10.2. The number of terminal acetylenes is 1. The number of benzene rings is 1. The monoisotopic (exact) mass is 318 g/mol. The summed E-state index contributed by atoms with van der Waals surface area (Å²) in [5, 5.41) is 10.2. The maximum atomic E-state index is 10.2. The lowest BCUT2D eigenvalue weighted by atomic mass is 10.0. The molecule has 2 aliphatic rings. The van der Waals surface area contributed by atoms with Gasteiger partial charge in [-0.1, -0.05) is 30.3 Å². The molecule has 2 saturated heterocycles. The molecule has 0 unspecified atom stereocenters. The molecule has 1 aromatic rings. The van der Waals surface area contributed by atoms with Gasteiger partial charge in [-0.05, 0) is 19.4 Å². The van der Waals surface area contributed by atoms with Crippen molar-refractivity contribution in [1.82, 2.24) is 0 Å². The van der Waals surface area contributed by atoms with Crippen LogP contribution in [0.15, 0.2) is 30.3 Å². The van der Waals surface area contributed by atoms with Gasteiger partial charge in [0.05, 0.1) is 12.7 Å². The molecule has 0 amide bonds. The van der Waals surface area contributed by atoms with Crippen molar-refractivity contribution in [3.05, 3.63) is 35.9 Å². The van der Waals surface area contributed by atoms with Crippen LogP contribution in [0, 0.1) is 12.3 Å². The summed E-state index contributed by atoms with van der Waals surface area (Å²) < 4.78 is 23.5. The van der Waals surface area contributed by atoms with Crippen molar-refractivity contribution in [2.24, 2.45) is 0 Å². The topological polar surface area (TPSA) is 57.2 Å². The Kier molecular flexibility index (Phi) is 4.72. The van der Waals surface area contributed by atoms with Gasteiger partial charge in [0.25, 0.3) is 0 Å². The summed E-state index contributed by atoms with van der Waals surface area (Å²) in [4.78, 5) is 0. The van der Waals surface area contributed by atoms with E-state index in [9.17, 15) is 5.11 Å². The lowest BCUT2D eigenvalue weighted by Gasteiger charge is -2.28. The van der Waals surface area contributed by atoms with E-state index in [-0.39, 0.29) is 12.5 Å². The predicted molar refractivity (Wildman–Crippen MR) is 83.2 cm³/mol. The van der Waals surface area contributed by atoms with Crippen molar-refractivity contribution >= 4 is 0 Å². The van der Waals surface area contributed by atoms with E-state index in [1.807, 2.05) is 44.2 Å². The Bertz CT molecular complexity index is 565. The largest absolute Gasteiger partial charge is 0.389 e. The van der Waals surface area contributed by atoms with Gasteiger partial charge >= 0.3 is 0 Å². The Morgan fingerprint density at radius 1 is 1.30 bits per heavy atom. The van der Waals surface area contributed by atoms with E-state index in [1.54, 1.807) is 0 Å². The zero-order valence-corrected chi connectivity index (χ0v) is 13.3. The van der Waals surface area contributed by atoms with Crippen LogP contribution in [0.4, 0.5) is 0 Å². The van der Waals surface area contributed by atoms with Gasteiger partial charge in [-0.25, -0.2) is 0 Å². The van der Waals surface area contributed by atoms with Crippen molar-refractivity contribution in [3.8, 4) is 12.3 Å². The van der Waals surface area contributed by atoms with Gasteiger partial charge in [0.2, 0.25) is 0 Å². The smallest absolute Gasteiger partial charge is 0.190 e. The second-order valence-corrected chi connectivity index (χ2v) is 6.31. The van der Waals surface area contributed by atoms with E-state index < -0.39 is 30.4 Å². The minimum Gasteiger partial charge on any atom is -0.389 e. The summed E-state index contributed by atoms with van der Waals surface area (Å²) in [6, 6.07) is 9.82. The fourth-order valence-electron chi connectivity index (χ4n) is 3.01. The zero-order valence-electron chi connectivity index (χ0n) is 13.3. The van der Waals surface area contributed by atoms with E-state index in [1.165, 1.54) is 0 Å². The molecule has 0 bridgehead atoms. The summed E-state index contributed by atoms with van der Waals surface area (Å²) in [5.74, 6) is 1.72. The molecule has 2 heterocycles. The molecule has 1 N–H and O–H groups in total. The number of fused-ring (bicyclic) bond motifs is 1. The Balaban J connectivity index is 1.72. The normalized spacial score (nSPS) is 33.1. The summed E-state index contributed by atoms with van der Waals surface area (Å²) in [6.07, 6.45) is 2.73. The third-order valence-electron chi connectivity index (χ3n) is 4.02. The number of aliphatic hydroxyl groups is 1. The molecule has 1 aromatic carbocycles. The average molecular weight is 318 g/mol. The fourth-order valence-corrected chi connectivity index (χ4v) is 3.01. The number of hydrogen-bond acceptors (Lipinski definition) is 5. The maximum Gasteiger partial charge on any atom is 0.190 e. The van der Waals surface area contributed by atoms with Crippen LogP contribution in [-0.2, 0) is 25.6 Å². The van der Waals surface area contributed by atoms with Crippen LogP contribution in [0.5, 0.6) is 0 Å². The summed E-state index contributed by atoms with van der Waals surface area (Å²) in [5.41, 5.74) is 1.04. The van der Waals surface area contributed by atoms with Gasteiger partial charge in [-0.3, -0.25) is 0 Å². The first-order valence-electron chi connectivity index (χ1n) is 7.78. The molecule has 5 heteroatoms. The second kappa shape index (κ2) is 6.60. The summed E-state index contributed by atoms with van der Waals surface area (Å²) in [6.45, 7) is 4.06. The van der Waals surface area contributed by atoms with E-state index >= 15 is 0 Å². The lowest BCUT2D eigenvalue weighted by Crippen LogP contribution is -2.42. The van der Waals surface area contributed by atoms with Crippen molar-refractivity contribution in [2.75, 3.05) is 0 Å². The summed E-state index contributed by atoms with van der Waals surface area (Å²) in [7, 11) is 0. The number of aliphatic hydroxyl groups excluding tert-OH is 1. The first-order chi connectivity index (χ1) is 11.0. The highest BCUT2D eigenvalue weighted by Crippen LogP contribution is 2.40. The molecule has 2 aliphatic heterocycles. The highest BCUT2D eigenvalue weighted by atomic mass is 16.8. The van der Waals surface area contributed by atoms with E-state index in [0.717, 1.165) is 5.56 Å². The van der Waals surface area contributed by atoms with Crippen LogP contribution in [0.25, 0.3) is 0 Å². The van der Waals surface area contributed by atoms with Crippen LogP contribution in [0.1, 0.15) is 25.8 Å². The van der Waals surface area contributed by atoms with E-state index in [4.69, 9.17) is 25.4 Å². The third kappa shape index (κ3) is 3.57. The van der Waals surface area contributed by atoms with E-state index in [0.29, 0.717) is 6.61 Å². The molecule has 3 rings (SSSR count). The third-order valence-corrected chi connectivity index (χ3v) is 4.02. The molecular formula is C18H22O5. The first kappa shape index (κ1) is 16.4. The number of ether oxygens (including phenoxy) is 4. The quantitative estimate of drug-likeness (QED) is 0.840. The fraction of sp³-hybridized carbons (Fsp3) is 0.556. The molecule has 124 valence electrons. The van der Waals surface area contributed by atoms with Crippen molar-refractivity contribution in [1.29, 1.82) is 0 Å². The van der Waals surface area contributed by atoms with E-state index in [2.05, 4.69) is 5.92 Å². The molecule has 5 nitrogen and oxygen atoms in total. The van der Waals surface area contributed by atoms with Gasteiger partial charge in [-0.15, -0.1) is 12.3 Å². The van der Waals surface area contributed by atoms with Crippen LogP contribution >= 0.6 is 0 Å². The molecule has 5 atom stereocenters. The Labute approximate surface area is 136 Å². The summed E-state index contributed by atoms with van der Waals surface area (Å²) >= 11 is 0. The van der Waals surface area contributed by atoms with Gasteiger partial charge in [-0.2, -0.15) is 0 Å². The molecule has 23 heavy (non-hydrogen) atoms. The highest BCUT2D eigenvalue weighted by Gasteiger charge is 2.56. The standard InChI is InChI=1S/C18H22O5/c1-4-8-13(19)14-15(20-11-12-9-6-5-7-10-12)16-17(21-14)23-18(2,3)22-16/h1,5-7,9-10,13-17,19H,8,11H2,2-3H3/t13-,14-,15-,16+,17+/m1/s1.